The van der Waals surface area contributed by atoms with Gasteiger partial charge in [0.1, 0.15) is 0 Å². The average molecular weight is 352 g/mol. The number of nitrogens with one attached hydrogen (secondary N) is 1. The Labute approximate surface area is 143 Å². The number of amides is 1. The van der Waals surface area contributed by atoms with E-state index in [1.54, 1.807) is 12.1 Å². The van der Waals surface area contributed by atoms with Crippen molar-refractivity contribution in [2.24, 2.45) is 5.92 Å². The Morgan fingerprint density at radius 1 is 1.25 bits per heavy atom. The number of rotatable bonds is 6. The van der Waals surface area contributed by atoms with Gasteiger partial charge in [-0.25, -0.2) is 8.42 Å². The molecule has 2 rings (SSSR count). The van der Waals surface area contributed by atoms with Crippen LogP contribution in [0.2, 0.25) is 0 Å². The summed E-state index contributed by atoms with van der Waals surface area (Å²) >= 11 is 0. The molecule has 0 unspecified atom stereocenters. The molecule has 1 amide bonds. The van der Waals surface area contributed by atoms with Crippen LogP contribution in [0.25, 0.3) is 0 Å². The van der Waals surface area contributed by atoms with Crippen molar-refractivity contribution in [1.82, 2.24) is 9.62 Å². The smallest absolute Gasteiger partial charge is 0.243 e. The van der Waals surface area contributed by atoms with Crippen LogP contribution in [0.3, 0.4) is 0 Å². The van der Waals surface area contributed by atoms with E-state index in [0.29, 0.717) is 38.0 Å². The Morgan fingerprint density at radius 2 is 1.92 bits per heavy atom. The van der Waals surface area contributed by atoms with Gasteiger partial charge in [0.05, 0.1) is 4.90 Å². The summed E-state index contributed by atoms with van der Waals surface area (Å²) in [7, 11) is -3.63. The van der Waals surface area contributed by atoms with E-state index in [1.165, 1.54) is 23.4 Å². The van der Waals surface area contributed by atoms with E-state index >= 15 is 0 Å². The zero-order chi connectivity index (χ0) is 17.7. The first kappa shape index (κ1) is 18.6. The maximum Gasteiger partial charge on any atom is 0.243 e. The van der Waals surface area contributed by atoms with Gasteiger partial charge in [-0.15, -0.1) is 0 Å². The molecule has 0 bridgehead atoms. The van der Waals surface area contributed by atoms with E-state index in [-0.39, 0.29) is 22.5 Å². The first-order valence-electron chi connectivity index (χ1n) is 8.25. The zero-order valence-corrected chi connectivity index (χ0v) is 14.9. The van der Waals surface area contributed by atoms with Gasteiger partial charge >= 0.3 is 0 Å². The van der Waals surface area contributed by atoms with Gasteiger partial charge in [-0.3, -0.25) is 9.59 Å². The minimum atomic E-state index is -3.63. The van der Waals surface area contributed by atoms with Gasteiger partial charge < -0.3 is 5.32 Å². The highest BCUT2D eigenvalue weighted by molar-refractivity contribution is 7.89. The summed E-state index contributed by atoms with van der Waals surface area (Å²) in [6, 6.07) is 6.10. The third kappa shape index (κ3) is 4.21. The number of Topliss-reactive ketones (excluding diaryl/α,β-unsaturated/α-hetero) is 1. The molecule has 0 spiro atoms. The highest BCUT2D eigenvalue weighted by Gasteiger charge is 2.32. The molecule has 132 valence electrons. The Bertz CT molecular complexity index is 707. The molecule has 1 N–H and O–H groups in total. The van der Waals surface area contributed by atoms with Gasteiger partial charge in [0.2, 0.25) is 15.9 Å². The van der Waals surface area contributed by atoms with Crippen LogP contribution in [0.1, 0.15) is 43.5 Å². The Balaban J connectivity index is 2.06. The highest BCUT2D eigenvalue weighted by Crippen LogP contribution is 2.24. The molecule has 1 aliphatic heterocycles. The summed E-state index contributed by atoms with van der Waals surface area (Å²) in [6.45, 7) is 4.68. The summed E-state index contributed by atoms with van der Waals surface area (Å²) in [5.41, 5.74) is 0.380. The van der Waals surface area contributed by atoms with E-state index in [0.717, 1.165) is 6.42 Å². The van der Waals surface area contributed by atoms with Crippen LogP contribution >= 0.6 is 0 Å². The van der Waals surface area contributed by atoms with Gasteiger partial charge in [-0.05, 0) is 38.3 Å². The van der Waals surface area contributed by atoms with Crippen molar-refractivity contribution >= 4 is 21.7 Å². The predicted molar refractivity (Wildman–Crippen MR) is 91.2 cm³/mol. The zero-order valence-electron chi connectivity index (χ0n) is 14.1. The average Bonchev–Trinajstić information content (AvgIpc) is 2.59. The summed E-state index contributed by atoms with van der Waals surface area (Å²) in [5.74, 6) is -0.294. The van der Waals surface area contributed by atoms with Crippen molar-refractivity contribution in [3.8, 4) is 0 Å². The van der Waals surface area contributed by atoms with E-state index in [2.05, 4.69) is 5.32 Å². The monoisotopic (exact) mass is 352 g/mol. The Kier molecular flexibility index (Phi) is 6.12. The number of hydrogen-bond acceptors (Lipinski definition) is 4. The van der Waals surface area contributed by atoms with E-state index < -0.39 is 10.0 Å². The molecule has 1 aliphatic rings. The lowest BCUT2D eigenvalue weighted by molar-refractivity contribution is -0.126. The number of carbonyl (C=O) groups excluding carboxylic acids is 2. The summed E-state index contributed by atoms with van der Waals surface area (Å²) in [5, 5.41) is 2.86. The fourth-order valence-corrected chi connectivity index (χ4v) is 4.29. The van der Waals surface area contributed by atoms with Crippen molar-refractivity contribution in [2.45, 2.75) is 38.0 Å². The van der Waals surface area contributed by atoms with E-state index in [1.807, 2.05) is 6.92 Å². The van der Waals surface area contributed by atoms with Crippen LogP contribution in [0.5, 0.6) is 0 Å². The first-order valence-corrected chi connectivity index (χ1v) is 9.69. The van der Waals surface area contributed by atoms with Crippen LogP contribution in [0, 0.1) is 5.92 Å². The second-order valence-electron chi connectivity index (χ2n) is 6.05. The third-order valence-corrected chi connectivity index (χ3v) is 6.15. The molecule has 24 heavy (non-hydrogen) atoms. The normalized spacial score (nSPS) is 16.8. The molecule has 7 heteroatoms. The van der Waals surface area contributed by atoms with Crippen LogP contribution in [0.15, 0.2) is 29.2 Å². The highest BCUT2D eigenvalue weighted by atomic mass is 32.2. The number of hydrogen-bond donors (Lipinski definition) is 1. The van der Waals surface area contributed by atoms with Gasteiger partial charge in [0, 0.05) is 31.1 Å². The van der Waals surface area contributed by atoms with Crippen LogP contribution in [-0.2, 0) is 14.8 Å². The minimum absolute atomic E-state index is 0.00692. The lowest BCUT2D eigenvalue weighted by Crippen LogP contribution is -2.43. The van der Waals surface area contributed by atoms with E-state index in [4.69, 9.17) is 0 Å². The third-order valence-electron chi connectivity index (χ3n) is 4.25. The fraction of sp³-hybridized carbons (Fsp3) is 0.529. The van der Waals surface area contributed by atoms with Crippen molar-refractivity contribution in [1.29, 1.82) is 0 Å². The van der Waals surface area contributed by atoms with Crippen molar-refractivity contribution in [2.75, 3.05) is 19.6 Å². The number of sulfonamides is 1. The molecule has 1 aromatic carbocycles. The second kappa shape index (κ2) is 7.90. The number of benzene rings is 1. The fourth-order valence-electron chi connectivity index (χ4n) is 2.78. The van der Waals surface area contributed by atoms with Gasteiger partial charge in [-0.2, -0.15) is 4.31 Å². The molecule has 1 aromatic rings. The quantitative estimate of drug-likeness (QED) is 0.792. The summed E-state index contributed by atoms with van der Waals surface area (Å²) in [4.78, 5) is 23.6. The standard InChI is InChI=1S/C17H24N2O4S/c1-3-9-18-17(21)14-7-10-19(11-8-14)24(22,23)16-6-4-5-15(12-16)13(2)20/h4-6,12,14H,3,7-11H2,1-2H3,(H,18,21). The number of ketones is 1. The van der Waals surface area contributed by atoms with Gasteiger partial charge in [0.25, 0.3) is 0 Å². The van der Waals surface area contributed by atoms with Crippen LogP contribution in [-0.4, -0.2) is 44.0 Å². The minimum Gasteiger partial charge on any atom is -0.356 e. The number of piperidine rings is 1. The molecule has 0 atom stereocenters. The SMILES string of the molecule is CCCNC(=O)C1CCN(S(=O)(=O)c2cccc(C(C)=O)c2)CC1. The van der Waals surface area contributed by atoms with Crippen molar-refractivity contribution in [3.63, 3.8) is 0 Å². The molecular weight excluding hydrogens is 328 g/mol. The molecule has 0 aromatic heterocycles. The molecular formula is C17H24N2O4S. The number of carbonyl (C=O) groups is 2. The molecule has 0 aliphatic carbocycles. The van der Waals surface area contributed by atoms with E-state index in [9.17, 15) is 18.0 Å². The molecule has 0 radical (unpaired) electrons. The Hall–Kier alpha value is -1.73. The molecule has 0 saturated carbocycles. The number of nitrogens with zero attached hydrogens (tertiary/aromatic N) is 1. The van der Waals surface area contributed by atoms with Crippen molar-refractivity contribution in [3.05, 3.63) is 29.8 Å². The van der Waals surface area contributed by atoms with Gasteiger partial charge in [-0.1, -0.05) is 19.1 Å². The maximum atomic E-state index is 12.7. The largest absolute Gasteiger partial charge is 0.356 e. The first-order chi connectivity index (χ1) is 11.4. The lowest BCUT2D eigenvalue weighted by atomic mass is 9.97. The second-order valence-corrected chi connectivity index (χ2v) is 7.99. The maximum absolute atomic E-state index is 12.7. The predicted octanol–water partition coefficient (Wildman–Crippen LogP) is 1.82. The molecule has 1 heterocycles. The molecule has 1 saturated heterocycles. The summed E-state index contributed by atoms with van der Waals surface area (Å²) < 4.78 is 26.8. The van der Waals surface area contributed by atoms with Crippen LogP contribution in [0.4, 0.5) is 0 Å². The topological polar surface area (TPSA) is 83.6 Å². The molecule has 1 fully saturated rings. The summed E-state index contributed by atoms with van der Waals surface area (Å²) in [6.07, 6.45) is 1.91. The molecule has 6 nitrogen and oxygen atoms in total. The van der Waals surface area contributed by atoms with Crippen LogP contribution < -0.4 is 5.32 Å². The lowest BCUT2D eigenvalue weighted by Gasteiger charge is -2.30. The van der Waals surface area contributed by atoms with Gasteiger partial charge in [0.15, 0.2) is 5.78 Å². The Morgan fingerprint density at radius 3 is 2.50 bits per heavy atom. The van der Waals surface area contributed by atoms with Crippen molar-refractivity contribution < 1.29 is 18.0 Å².